The number of hydrogen-bond donors (Lipinski definition) is 3. The largest absolute Gasteiger partial charge is 0.354 e. The highest BCUT2D eigenvalue weighted by Crippen LogP contribution is 2.10. The summed E-state index contributed by atoms with van der Waals surface area (Å²) in [6, 6.07) is 5.79. The highest BCUT2D eigenvalue weighted by Gasteiger charge is 2.21. The number of amides is 2. The average Bonchev–Trinajstić information content (AvgIpc) is 2.61. The molecule has 7 nitrogen and oxygen atoms in total. The van der Waals surface area contributed by atoms with Crippen molar-refractivity contribution in [2.75, 3.05) is 32.0 Å². The van der Waals surface area contributed by atoms with Crippen molar-refractivity contribution in [1.82, 2.24) is 15.5 Å². The Morgan fingerprint density at radius 1 is 1.24 bits per heavy atom. The van der Waals surface area contributed by atoms with Crippen molar-refractivity contribution in [3.05, 3.63) is 30.1 Å². The molecule has 1 saturated heterocycles. The maximum Gasteiger partial charge on any atom is 0.243 e. The molecule has 0 saturated carbocycles. The lowest BCUT2D eigenvalue weighted by Crippen LogP contribution is -2.50. The van der Waals surface area contributed by atoms with Gasteiger partial charge in [0.2, 0.25) is 11.8 Å². The number of rotatable bonds is 4. The van der Waals surface area contributed by atoms with E-state index in [0.717, 1.165) is 25.9 Å². The summed E-state index contributed by atoms with van der Waals surface area (Å²) < 4.78 is 12.8. The summed E-state index contributed by atoms with van der Waals surface area (Å²) in [6.07, 6.45) is 1.67. The molecule has 1 aromatic carbocycles. The van der Waals surface area contributed by atoms with Crippen LogP contribution < -0.4 is 16.0 Å². The number of piperidine rings is 1. The zero-order valence-corrected chi connectivity index (χ0v) is 14.5. The SMILES string of the molecule is CN=C(NCC(=O)Nc1ccc(F)cc1)NC1CCN(C(C)=O)CC1. The normalized spacial score (nSPS) is 15.6. The monoisotopic (exact) mass is 349 g/mol. The van der Waals surface area contributed by atoms with Crippen molar-refractivity contribution < 1.29 is 14.0 Å². The Hall–Kier alpha value is -2.64. The zero-order valence-electron chi connectivity index (χ0n) is 14.5. The van der Waals surface area contributed by atoms with Crippen LogP contribution in [0.4, 0.5) is 10.1 Å². The van der Waals surface area contributed by atoms with Crippen LogP contribution in [0.1, 0.15) is 19.8 Å². The molecule has 0 radical (unpaired) electrons. The summed E-state index contributed by atoms with van der Waals surface area (Å²) in [7, 11) is 1.64. The Bertz CT molecular complexity index is 624. The summed E-state index contributed by atoms with van der Waals surface area (Å²) in [5.74, 6) is 0.0338. The molecule has 0 aromatic heterocycles. The first-order valence-corrected chi connectivity index (χ1v) is 8.26. The molecule has 0 bridgehead atoms. The van der Waals surface area contributed by atoms with Gasteiger partial charge in [0.15, 0.2) is 5.96 Å². The maximum absolute atomic E-state index is 12.8. The van der Waals surface area contributed by atoms with E-state index in [4.69, 9.17) is 0 Å². The third-order valence-corrected chi connectivity index (χ3v) is 4.05. The molecule has 8 heteroatoms. The molecule has 1 aliphatic heterocycles. The first-order chi connectivity index (χ1) is 12.0. The van der Waals surface area contributed by atoms with E-state index in [-0.39, 0.29) is 30.2 Å². The van der Waals surface area contributed by atoms with Crippen molar-refractivity contribution in [3.8, 4) is 0 Å². The Kier molecular flexibility index (Phi) is 6.73. The molecular weight excluding hydrogens is 325 g/mol. The molecular formula is C17H24FN5O2. The second-order valence-corrected chi connectivity index (χ2v) is 5.91. The van der Waals surface area contributed by atoms with Crippen LogP contribution in [0.5, 0.6) is 0 Å². The summed E-state index contributed by atoms with van der Waals surface area (Å²) in [5, 5.41) is 8.89. The van der Waals surface area contributed by atoms with Crippen LogP contribution in [-0.2, 0) is 9.59 Å². The minimum atomic E-state index is -0.350. The lowest BCUT2D eigenvalue weighted by Gasteiger charge is -2.32. The van der Waals surface area contributed by atoms with Crippen LogP contribution >= 0.6 is 0 Å². The molecule has 2 amide bonds. The van der Waals surface area contributed by atoms with Gasteiger partial charge in [-0.1, -0.05) is 0 Å². The minimum Gasteiger partial charge on any atom is -0.354 e. The number of nitrogens with one attached hydrogen (secondary N) is 3. The van der Waals surface area contributed by atoms with Gasteiger partial charge in [-0.2, -0.15) is 0 Å². The number of guanidine groups is 1. The number of hydrogen-bond acceptors (Lipinski definition) is 3. The lowest BCUT2D eigenvalue weighted by molar-refractivity contribution is -0.129. The van der Waals surface area contributed by atoms with Gasteiger partial charge in [0.25, 0.3) is 0 Å². The van der Waals surface area contributed by atoms with Gasteiger partial charge in [0.05, 0.1) is 6.54 Å². The lowest BCUT2D eigenvalue weighted by atomic mass is 10.1. The van der Waals surface area contributed by atoms with Gasteiger partial charge in [-0.05, 0) is 37.1 Å². The van der Waals surface area contributed by atoms with Crippen LogP contribution in [0, 0.1) is 5.82 Å². The van der Waals surface area contributed by atoms with Gasteiger partial charge in [0, 0.05) is 38.8 Å². The van der Waals surface area contributed by atoms with Crippen LogP contribution in [0.15, 0.2) is 29.3 Å². The first-order valence-electron chi connectivity index (χ1n) is 8.26. The number of likely N-dealkylation sites (tertiary alicyclic amines) is 1. The highest BCUT2D eigenvalue weighted by atomic mass is 19.1. The topological polar surface area (TPSA) is 85.8 Å². The third kappa shape index (κ3) is 6.06. The molecule has 136 valence electrons. The Balaban J connectivity index is 1.74. The number of halogens is 1. The Morgan fingerprint density at radius 3 is 2.44 bits per heavy atom. The van der Waals surface area contributed by atoms with Crippen LogP contribution in [0.3, 0.4) is 0 Å². The molecule has 1 fully saturated rings. The van der Waals surface area contributed by atoms with E-state index in [0.29, 0.717) is 11.6 Å². The van der Waals surface area contributed by atoms with Crippen LogP contribution in [-0.4, -0.2) is 55.4 Å². The Labute approximate surface area is 146 Å². The van der Waals surface area contributed by atoms with Crippen LogP contribution in [0.25, 0.3) is 0 Å². The van der Waals surface area contributed by atoms with E-state index in [9.17, 15) is 14.0 Å². The molecule has 0 atom stereocenters. The van der Waals surface area contributed by atoms with Crippen molar-refractivity contribution >= 4 is 23.5 Å². The number of carbonyl (C=O) groups is 2. The van der Waals surface area contributed by atoms with E-state index in [1.54, 1.807) is 14.0 Å². The molecule has 0 unspecified atom stereocenters. The van der Waals surface area contributed by atoms with Gasteiger partial charge < -0.3 is 20.9 Å². The summed E-state index contributed by atoms with van der Waals surface area (Å²) in [5.41, 5.74) is 0.535. The van der Waals surface area contributed by atoms with Gasteiger partial charge in [-0.25, -0.2) is 4.39 Å². The quantitative estimate of drug-likeness (QED) is 0.558. The molecule has 2 rings (SSSR count). The highest BCUT2D eigenvalue weighted by molar-refractivity contribution is 5.95. The van der Waals surface area contributed by atoms with E-state index < -0.39 is 0 Å². The van der Waals surface area contributed by atoms with Crippen LogP contribution in [0.2, 0.25) is 0 Å². The van der Waals surface area contributed by atoms with Crippen molar-refractivity contribution in [3.63, 3.8) is 0 Å². The van der Waals surface area contributed by atoms with E-state index in [1.807, 2.05) is 4.90 Å². The predicted molar refractivity (Wildman–Crippen MR) is 94.8 cm³/mol. The van der Waals surface area contributed by atoms with Gasteiger partial charge in [0.1, 0.15) is 5.82 Å². The molecule has 1 aromatic rings. The predicted octanol–water partition coefficient (Wildman–Crippen LogP) is 0.940. The van der Waals surface area contributed by atoms with Crippen molar-refractivity contribution in [2.45, 2.75) is 25.8 Å². The van der Waals surface area contributed by atoms with Gasteiger partial charge in [-0.15, -0.1) is 0 Å². The maximum atomic E-state index is 12.8. The Morgan fingerprint density at radius 2 is 1.88 bits per heavy atom. The molecule has 25 heavy (non-hydrogen) atoms. The second-order valence-electron chi connectivity index (χ2n) is 5.91. The fourth-order valence-electron chi connectivity index (χ4n) is 2.63. The van der Waals surface area contributed by atoms with Crippen molar-refractivity contribution in [1.29, 1.82) is 0 Å². The summed E-state index contributed by atoms with van der Waals surface area (Å²) >= 11 is 0. The minimum absolute atomic E-state index is 0.0450. The molecule has 0 aliphatic carbocycles. The number of aliphatic imine (C=N–C) groups is 1. The number of benzene rings is 1. The van der Waals surface area contributed by atoms with Gasteiger partial charge in [-0.3, -0.25) is 14.6 Å². The van der Waals surface area contributed by atoms with Crippen molar-refractivity contribution in [2.24, 2.45) is 4.99 Å². The molecule has 1 heterocycles. The fraction of sp³-hybridized carbons (Fsp3) is 0.471. The average molecular weight is 349 g/mol. The fourth-order valence-corrected chi connectivity index (χ4v) is 2.63. The number of anilines is 1. The molecule has 3 N–H and O–H groups in total. The van der Waals surface area contributed by atoms with E-state index in [1.165, 1.54) is 24.3 Å². The number of nitrogens with zero attached hydrogens (tertiary/aromatic N) is 2. The number of carbonyl (C=O) groups excluding carboxylic acids is 2. The van der Waals surface area contributed by atoms with Gasteiger partial charge >= 0.3 is 0 Å². The third-order valence-electron chi connectivity index (χ3n) is 4.05. The summed E-state index contributed by atoms with van der Waals surface area (Å²) in [4.78, 5) is 29.2. The zero-order chi connectivity index (χ0) is 18.2. The molecule has 1 aliphatic rings. The van der Waals surface area contributed by atoms with E-state index >= 15 is 0 Å². The molecule has 0 spiro atoms. The second kappa shape index (κ2) is 9.00. The smallest absolute Gasteiger partial charge is 0.243 e. The first kappa shape index (κ1) is 18.7. The summed E-state index contributed by atoms with van der Waals surface area (Å²) in [6.45, 7) is 3.06. The van der Waals surface area contributed by atoms with E-state index in [2.05, 4.69) is 20.9 Å². The standard InChI is InChI=1S/C17H24FN5O2/c1-12(24)23-9-7-15(8-10-23)22-17(19-2)20-11-16(25)21-14-5-3-13(18)4-6-14/h3-6,15H,7-11H2,1-2H3,(H,21,25)(H2,19,20,22).